The molecule has 32 heavy (non-hydrogen) atoms. The number of hydrogen-bond acceptors (Lipinski definition) is 7. The minimum atomic E-state index is -3.69. The summed E-state index contributed by atoms with van der Waals surface area (Å²) < 4.78 is 38.3. The van der Waals surface area contributed by atoms with E-state index in [9.17, 15) is 8.42 Å². The van der Waals surface area contributed by atoms with Crippen LogP contribution in [0.5, 0.6) is 11.5 Å². The highest BCUT2D eigenvalue weighted by Gasteiger charge is 2.31. The van der Waals surface area contributed by atoms with Crippen LogP contribution in [-0.2, 0) is 10.0 Å². The van der Waals surface area contributed by atoms with Gasteiger partial charge in [-0.2, -0.15) is 4.31 Å². The maximum atomic E-state index is 13.2. The van der Waals surface area contributed by atoms with Gasteiger partial charge in [-0.1, -0.05) is 29.8 Å². The van der Waals surface area contributed by atoms with Gasteiger partial charge in [-0.25, -0.2) is 8.42 Å². The van der Waals surface area contributed by atoms with E-state index in [-0.39, 0.29) is 10.6 Å². The minimum Gasteiger partial charge on any atom is -0.497 e. The van der Waals surface area contributed by atoms with Gasteiger partial charge in [-0.15, -0.1) is 10.2 Å². The van der Waals surface area contributed by atoms with Gasteiger partial charge in [0.25, 0.3) is 0 Å². The van der Waals surface area contributed by atoms with Crippen molar-refractivity contribution < 1.29 is 17.9 Å². The molecular formula is C23H26N4O4S. The first-order valence-electron chi connectivity index (χ1n) is 10.3. The van der Waals surface area contributed by atoms with Crippen LogP contribution < -0.4 is 14.4 Å². The highest BCUT2D eigenvalue weighted by Crippen LogP contribution is 2.31. The summed E-state index contributed by atoms with van der Waals surface area (Å²) in [6.45, 7) is 3.79. The van der Waals surface area contributed by atoms with E-state index in [2.05, 4.69) is 10.2 Å². The van der Waals surface area contributed by atoms with Crippen molar-refractivity contribution in [1.29, 1.82) is 0 Å². The summed E-state index contributed by atoms with van der Waals surface area (Å²) >= 11 is 0. The van der Waals surface area contributed by atoms with Gasteiger partial charge in [-0.3, -0.25) is 0 Å². The molecule has 8 nitrogen and oxygen atoms in total. The van der Waals surface area contributed by atoms with E-state index >= 15 is 0 Å². The number of anilines is 1. The second kappa shape index (κ2) is 9.13. The Bertz CT molecular complexity index is 1170. The predicted molar refractivity (Wildman–Crippen MR) is 123 cm³/mol. The van der Waals surface area contributed by atoms with Gasteiger partial charge in [0.1, 0.15) is 16.4 Å². The number of sulfonamides is 1. The molecule has 1 fully saturated rings. The third-order valence-corrected chi connectivity index (χ3v) is 7.49. The van der Waals surface area contributed by atoms with Crippen LogP contribution in [-0.4, -0.2) is 63.3 Å². The van der Waals surface area contributed by atoms with Gasteiger partial charge in [0.2, 0.25) is 10.0 Å². The van der Waals surface area contributed by atoms with E-state index in [1.165, 1.54) is 30.2 Å². The van der Waals surface area contributed by atoms with Crippen LogP contribution in [0.3, 0.4) is 0 Å². The van der Waals surface area contributed by atoms with Gasteiger partial charge >= 0.3 is 0 Å². The van der Waals surface area contributed by atoms with Crippen molar-refractivity contribution in [3.8, 4) is 22.8 Å². The number of rotatable bonds is 6. The number of ether oxygens (including phenoxy) is 2. The number of methoxy groups -OCH3 is 2. The molecule has 2 aromatic carbocycles. The maximum Gasteiger partial charge on any atom is 0.246 e. The van der Waals surface area contributed by atoms with Crippen molar-refractivity contribution in [3.05, 3.63) is 60.2 Å². The quantitative estimate of drug-likeness (QED) is 0.566. The average molecular weight is 455 g/mol. The molecule has 1 aromatic heterocycles. The summed E-state index contributed by atoms with van der Waals surface area (Å²) in [5.74, 6) is 1.54. The molecule has 0 radical (unpaired) electrons. The minimum absolute atomic E-state index is 0.136. The fourth-order valence-corrected chi connectivity index (χ4v) is 5.22. The fraction of sp³-hybridized carbons (Fsp3) is 0.304. The highest BCUT2D eigenvalue weighted by atomic mass is 32.2. The first kappa shape index (κ1) is 22.0. The number of hydrogen-bond donors (Lipinski definition) is 0. The van der Waals surface area contributed by atoms with E-state index < -0.39 is 10.0 Å². The van der Waals surface area contributed by atoms with Gasteiger partial charge < -0.3 is 14.4 Å². The summed E-state index contributed by atoms with van der Waals surface area (Å²) in [5.41, 5.74) is 3.01. The van der Waals surface area contributed by atoms with Crippen LogP contribution in [0, 0.1) is 6.92 Å². The van der Waals surface area contributed by atoms with Crippen molar-refractivity contribution in [2.45, 2.75) is 11.8 Å². The zero-order valence-electron chi connectivity index (χ0n) is 18.4. The Morgan fingerprint density at radius 1 is 0.844 bits per heavy atom. The Morgan fingerprint density at radius 3 is 2.16 bits per heavy atom. The molecule has 4 rings (SSSR count). The SMILES string of the molecule is COc1ccc(S(=O)(=O)N2CCN(c3ccc(-c4ccc(C)cc4)nn3)CC2)c(OC)c1. The third-order valence-electron chi connectivity index (χ3n) is 5.55. The molecule has 1 aliphatic heterocycles. The number of aryl methyl sites for hydroxylation is 1. The smallest absolute Gasteiger partial charge is 0.246 e. The van der Waals surface area contributed by atoms with E-state index in [0.717, 1.165) is 17.1 Å². The Balaban J connectivity index is 1.45. The van der Waals surface area contributed by atoms with Crippen molar-refractivity contribution in [2.75, 3.05) is 45.3 Å². The molecule has 0 saturated carbocycles. The number of aromatic nitrogens is 2. The average Bonchev–Trinajstić information content (AvgIpc) is 2.84. The van der Waals surface area contributed by atoms with Crippen molar-refractivity contribution in [2.24, 2.45) is 0 Å². The molecule has 2 heterocycles. The summed E-state index contributed by atoms with van der Waals surface area (Å²) in [5, 5.41) is 8.72. The Morgan fingerprint density at radius 2 is 1.56 bits per heavy atom. The zero-order valence-corrected chi connectivity index (χ0v) is 19.2. The summed E-state index contributed by atoms with van der Waals surface area (Å²) in [4.78, 5) is 2.18. The van der Waals surface area contributed by atoms with Gasteiger partial charge in [-0.05, 0) is 31.2 Å². The zero-order chi connectivity index (χ0) is 22.7. The monoisotopic (exact) mass is 454 g/mol. The molecule has 9 heteroatoms. The molecule has 168 valence electrons. The maximum absolute atomic E-state index is 13.2. The molecular weight excluding hydrogens is 428 g/mol. The van der Waals surface area contributed by atoms with Crippen LogP contribution in [0.25, 0.3) is 11.3 Å². The third kappa shape index (κ3) is 4.39. The molecule has 1 saturated heterocycles. The molecule has 3 aromatic rings. The van der Waals surface area contributed by atoms with Crippen LogP contribution in [0.1, 0.15) is 5.56 Å². The molecule has 0 aliphatic carbocycles. The normalized spacial score (nSPS) is 14.9. The van der Waals surface area contributed by atoms with Crippen molar-refractivity contribution in [3.63, 3.8) is 0 Å². The molecule has 0 amide bonds. The first-order chi connectivity index (χ1) is 15.4. The first-order valence-corrected chi connectivity index (χ1v) is 11.7. The molecule has 0 spiro atoms. The van der Waals surface area contributed by atoms with Crippen LogP contribution in [0.15, 0.2) is 59.5 Å². The highest BCUT2D eigenvalue weighted by molar-refractivity contribution is 7.89. The van der Waals surface area contributed by atoms with Crippen LogP contribution in [0.2, 0.25) is 0 Å². The molecule has 0 unspecified atom stereocenters. The summed E-state index contributed by atoms with van der Waals surface area (Å²) in [7, 11) is -0.716. The van der Waals surface area contributed by atoms with Crippen LogP contribution >= 0.6 is 0 Å². The second-order valence-electron chi connectivity index (χ2n) is 7.55. The molecule has 0 N–H and O–H groups in total. The van der Waals surface area contributed by atoms with Crippen molar-refractivity contribution in [1.82, 2.24) is 14.5 Å². The van der Waals surface area contributed by atoms with E-state index in [1.807, 2.05) is 48.2 Å². The number of benzene rings is 2. The Hall–Kier alpha value is -3.17. The lowest BCUT2D eigenvalue weighted by Gasteiger charge is -2.34. The van der Waals surface area contributed by atoms with Gasteiger partial charge in [0.15, 0.2) is 5.82 Å². The molecule has 0 atom stereocenters. The van der Waals surface area contributed by atoms with E-state index in [4.69, 9.17) is 9.47 Å². The number of piperazine rings is 1. The Labute approximate surface area is 188 Å². The van der Waals surface area contributed by atoms with Crippen molar-refractivity contribution >= 4 is 15.8 Å². The van der Waals surface area contributed by atoms with Gasteiger partial charge in [0.05, 0.1) is 19.9 Å². The second-order valence-corrected chi connectivity index (χ2v) is 9.46. The topological polar surface area (TPSA) is 84.9 Å². The van der Waals surface area contributed by atoms with E-state index in [0.29, 0.717) is 31.9 Å². The largest absolute Gasteiger partial charge is 0.497 e. The Kier molecular flexibility index (Phi) is 6.29. The molecule has 1 aliphatic rings. The van der Waals surface area contributed by atoms with E-state index in [1.54, 1.807) is 12.1 Å². The van der Waals surface area contributed by atoms with Crippen LogP contribution in [0.4, 0.5) is 5.82 Å². The lowest BCUT2D eigenvalue weighted by atomic mass is 10.1. The summed E-state index contributed by atoms with van der Waals surface area (Å²) in [6, 6.07) is 16.7. The number of nitrogens with zero attached hydrogens (tertiary/aromatic N) is 4. The fourth-order valence-electron chi connectivity index (χ4n) is 3.66. The predicted octanol–water partition coefficient (Wildman–Crippen LogP) is 2.98. The lowest BCUT2D eigenvalue weighted by Crippen LogP contribution is -2.49. The lowest BCUT2D eigenvalue weighted by molar-refractivity contribution is 0.369. The molecule has 0 bridgehead atoms. The van der Waals surface area contributed by atoms with Gasteiger partial charge in [0, 0.05) is 37.8 Å². The summed E-state index contributed by atoms with van der Waals surface area (Å²) in [6.07, 6.45) is 0. The standard InChI is InChI=1S/C23H26N4O4S/c1-17-4-6-18(7-5-17)20-9-11-23(25-24-20)26-12-14-27(15-13-26)32(28,29)22-10-8-19(30-2)16-21(22)31-3/h4-11,16H,12-15H2,1-3H3.